The van der Waals surface area contributed by atoms with Gasteiger partial charge in [0.15, 0.2) is 0 Å². The quantitative estimate of drug-likeness (QED) is 0.579. The van der Waals surface area contributed by atoms with E-state index in [1.807, 2.05) is 31.3 Å². The molecular formula is C13H20ClNOS. The zero-order valence-corrected chi connectivity index (χ0v) is 12.0. The number of ether oxygens (including phenoxy) is 1. The highest BCUT2D eigenvalue weighted by Gasteiger charge is 2.08. The minimum absolute atomic E-state index is 0.364. The lowest BCUT2D eigenvalue weighted by Gasteiger charge is -2.16. The third kappa shape index (κ3) is 5.77. The number of benzene rings is 1. The Morgan fingerprint density at radius 2 is 2.18 bits per heavy atom. The fourth-order valence-corrected chi connectivity index (χ4v) is 2.66. The molecule has 0 saturated carbocycles. The molecule has 0 aliphatic rings. The van der Waals surface area contributed by atoms with Crippen molar-refractivity contribution in [2.75, 3.05) is 26.0 Å². The van der Waals surface area contributed by atoms with Gasteiger partial charge in [0.25, 0.3) is 0 Å². The van der Waals surface area contributed by atoms with E-state index in [0.29, 0.717) is 6.04 Å². The molecule has 1 aromatic rings. The van der Waals surface area contributed by atoms with Crippen molar-refractivity contribution in [3.8, 4) is 0 Å². The molecule has 0 amide bonds. The van der Waals surface area contributed by atoms with E-state index in [1.165, 1.54) is 0 Å². The molecule has 1 atom stereocenters. The molecule has 1 N–H and O–H groups in total. The summed E-state index contributed by atoms with van der Waals surface area (Å²) in [6.07, 6.45) is 1.06. The first-order valence-corrected chi connectivity index (χ1v) is 7.26. The van der Waals surface area contributed by atoms with Crippen LogP contribution >= 0.6 is 23.4 Å². The van der Waals surface area contributed by atoms with Gasteiger partial charge in [-0.1, -0.05) is 30.7 Å². The first-order chi connectivity index (χ1) is 8.27. The Balaban J connectivity index is 2.34. The van der Waals surface area contributed by atoms with Crippen LogP contribution in [0.25, 0.3) is 0 Å². The van der Waals surface area contributed by atoms with Gasteiger partial charge in [-0.2, -0.15) is 0 Å². The highest BCUT2D eigenvalue weighted by Crippen LogP contribution is 2.26. The van der Waals surface area contributed by atoms with Crippen molar-refractivity contribution in [3.63, 3.8) is 0 Å². The summed E-state index contributed by atoms with van der Waals surface area (Å²) < 4.78 is 5.55. The predicted octanol–water partition coefficient (Wildman–Crippen LogP) is 3.45. The van der Waals surface area contributed by atoms with Gasteiger partial charge in [0.1, 0.15) is 0 Å². The summed E-state index contributed by atoms with van der Waals surface area (Å²) in [6.45, 7) is 3.70. The van der Waals surface area contributed by atoms with Crippen molar-refractivity contribution in [2.45, 2.75) is 24.3 Å². The van der Waals surface area contributed by atoms with Crippen LogP contribution in [0.5, 0.6) is 0 Å². The van der Waals surface area contributed by atoms with E-state index in [-0.39, 0.29) is 0 Å². The van der Waals surface area contributed by atoms with Crippen LogP contribution in [0.1, 0.15) is 13.3 Å². The lowest BCUT2D eigenvalue weighted by atomic mass is 10.4. The number of thioether (sulfide) groups is 1. The SMILES string of the molecule is CCCOCC(CSc1ccccc1Cl)NC. The van der Waals surface area contributed by atoms with Crippen LogP contribution in [-0.4, -0.2) is 32.1 Å². The van der Waals surface area contributed by atoms with Crippen LogP contribution in [-0.2, 0) is 4.74 Å². The molecule has 2 nitrogen and oxygen atoms in total. The first kappa shape index (κ1) is 14.8. The third-order valence-corrected chi connectivity index (χ3v) is 4.03. The molecule has 0 spiro atoms. The van der Waals surface area contributed by atoms with Gasteiger partial charge in [-0.3, -0.25) is 0 Å². The molecule has 1 aromatic carbocycles. The maximum absolute atomic E-state index is 6.11. The van der Waals surface area contributed by atoms with Gasteiger partial charge in [-0.05, 0) is 25.6 Å². The minimum Gasteiger partial charge on any atom is -0.380 e. The normalized spacial score (nSPS) is 12.6. The average Bonchev–Trinajstić information content (AvgIpc) is 2.35. The van der Waals surface area contributed by atoms with Crippen LogP contribution in [0.4, 0.5) is 0 Å². The summed E-state index contributed by atoms with van der Waals surface area (Å²) >= 11 is 7.87. The van der Waals surface area contributed by atoms with Crippen molar-refractivity contribution in [1.29, 1.82) is 0 Å². The zero-order chi connectivity index (χ0) is 12.5. The highest BCUT2D eigenvalue weighted by atomic mass is 35.5. The lowest BCUT2D eigenvalue weighted by Crippen LogP contribution is -2.32. The number of hydrogen-bond acceptors (Lipinski definition) is 3. The maximum atomic E-state index is 6.11. The Bertz CT molecular complexity index is 322. The molecule has 0 aliphatic carbocycles. The molecule has 1 unspecified atom stereocenters. The first-order valence-electron chi connectivity index (χ1n) is 5.90. The molecule has 0 bridgehead atoms. The van der Waals surface area contributed by atoms with Crippen LogP contribution in [0.3, 0.4) is 0 Å². The van der Waals surface area contributed by atoms with E-state index in [9.17, 15) is 0 Å². The van der Waals surface area contributed by atoms with E-state index in [4.69, 9.17) is 16.3 Å². The largest absolute Gasteiger partial charge is 0.380 e. The van der Waals surface area contributed by atoms with Gasteiger partial charge in [0.05, 0.1) is 11.6 Å². The number of likely N-dealkylation sites (N-methyl/N-ethyl adjacent to an activating group) is 1. The number of hydrogen-bond donors (Lipinski definition) is 1. The van der Waals surface area contributed by atoms with Gasteiger partial charge in [-0.15, -0.1) is 11.8 Å². The standard InChI is InChI=1S/C13H20ClNOS/c1-3-8-16-9-11(15-2)10-17-13-7-5-4-6-12(13)14/h4-7,11,15H,3,8-10H2,1-2H3. The topological polar surface area (TPSA) is 21.3 Å². The van der Waals surface area contributed by atoms with E-state index >= 15 is 0 Å². The van der Waals surface area contributed by atoms with Gasteiger partial charge in [0, 0.05) is 23.3 Å². The van der Waals surface area contributed by atoms with E-state index < -0.39 is 0 Å². The van der Waals surface area contributed by atoms with Gasteiger partial charge in [0.2, 0.25) is 0 Å². The Morgan fingerprint density at radius 3 is 2.82 bits per heavy atom. The predicted molar refractivity (Wildman–Crippen MR) is 76.1 cm³/mol. The van der Waals surface area contributed by atoms with Crippen LogP contribution in [0.15, 0.2) is 29.2 Å². The second-order valence-corrected chi connectivity index (χ2v) is 5.27. The zero-order valence-electron chi connectivity index (χ0n) is 10.4. The molecule has 0 heterocycles. The fraction of sp³-hybridized carbons (Fsp3) is 0.538. The Kier molecular flexibility index (Phi) is 7.69. The Morgan fingerprint density at radius 1 is 1.41 bits per heavy atom. The van der Waals surface area contributed by atoms with Crippen molar-refractivity contribution >= 4 is 23.4 Å². The molecule has 0 radical (unpaired) electrons. The summed E-state index contributed by atoms with van der Waals surface area (Å²) in [4.78, 5) is 1.13. The van der Waals surface area contributed by atoms with Crippen LogP contribution in [0, 0.1) is 0 Å². The summed E-state index contributed by atoms with van der Waals surface area (Å²) in [6, 6.07) is 8.30. The molecule has 0 saturated heterocycles. The monoisotopic (exact) mass is 273 g/mol. The van der Waals surface area contributed by atoms with E-state index in [2.05, 4.69) is 12.2 Å². The molecular weight excluding hydrogens is 254 g/mol. The summed E-state index contributed by atoms with van der Waals surface area (Å²) in [5.41, 5.74) is 0. The second-order valence-electron chi connectivity index (χ2n) is 3.80. The number of halogens is 1. The molecule has 0 fully saturated rings. The third-order valence-electron chi connectivity index (χ3n) is 2.35. The molecule has 1 rings (SSSR count). The van der Waals surface area contributed by atoms with E-state index in [1.54, 1.807) is 11.8 Å². The Labute approximate surface area is 113 Å². The van der Waals surface area contributed by atoms with Gasteiger partial charge in [-0.25, -0.2) is 0 Å². The average molecular weight is 274 g/mol. The summed E-state index contributed by atoms with van der Waals surface area (Å²) in [5.74, 6) is 0.962. The van der Waals surface area contributed by atoms with Crippen LogP contribution in [0.2, 0.25) is 5.02 Å². The minimum atomic E-state index is 0.364. The van der Waals surface area contributed by atoms with Crippen molar-refractivity contribution in [3.05, 3.63) is 29.3 Å². The fourth-order valence-electron chi connectivity index (χ4n) is 1.34. The molecule has 17 heavy (non-hydrogen) atoms. The van der Waals surface area contributed by atoms with Gasteiger partial charge >= 0.3 is 0 Å². The summed E-state index contributed by atoms with van der Waals surface area (Å²) in [7, 11) is 1.97. The smallest absolute Gasteiger partial charge is 0.0627 e. The molecule has 4 heteroatoms. The number of nitrogens with one attached hydrogen (secondary N) is 1. The van der Waals surface area contributed by atoms with E-state index in [0.717, 1.165) is 35.3 Å². The summed E-state index contributed by atoms with van der Waals surface area (Å²) in [5, 5.41) is 4.08. The molecule has 96 valence electrons. The van der Waals surface area contributed by atoms with Crippen LogP contribution < -0.4 is 5.32 Å². The molecule has 0 aliphatic heterocycles. The van der Waals surface area contributed by atoms with Gasteiger partial charge < -0.3 is 10.1 Å². The van der Waals surface area contributed by atoms with Crippen molar-refractivity contribution in [2.24, 2.45) is 0 Å². The van der Waals surface area contributed by atoms with Crippen molar-refractivity contribution < 1.29 is 4.74 Å². The molecule has 0 aromatic heterocycles. The highest BCUT2D eigenvalue weighted by molar-refractivity contribution is 7.99. The number of rotatable bonds is 8. The lowest BCUT2D eigenvalue weighted by molar-refractivity contribution is 0.119. The maximum Gasteiger partial charge on any atom is 0.0627 e. The van der Waals surface area contributed by atoms with Crippen molar-refractivity contribution in [1.82, 2.24) is 5.32 Å². The second kappa shape index (κ2) is 8.81. The Hall–Kier alpha value is -0.220.